The lowest BCUT2D eigenvalue weighted by atomic mass is 10.1. The van der Waals surface area contributed by atoms with E-state index in [9.17, 15) is 0 Å². The maximum atomic E-state index is 5.61. The van der Waals surface area contributed by atoms with Crippen molar-refractivity contribution < 1.29 is 9.47 Å². The van der Waals surface area contributed by atoms with Gasteiger partial charge in [0.1, 0.15) is 12.4 Å². The van der Waals surface area contributed by atoms with E-state index in [1.54, 1.807) is 7.11 Å². The lowest BCUT2D eigenvalue weighted by molar-refractivity contribution is 0.287. The molecule has 0 aliphatic carbocycles. The standard InChI is InChI=1S/C14H19NO2/c1-10(2)13-9-17-14(15-13)8-11-4-6-12(16-3)7-5-11/h4-7,10,13H,8-9H2,1-3H3. The van der Waals surface area contributed by atoms with Crippen molar-refractivity contribution in [1.82, 2.24) is 0 Å². The molecule has 0 spiro atoms. The molecule has 1 atom stereocenters. The minimum atomic E-state index is 0.322. The summed E-state index contributed by atoms with van der Waals surface area (Å²) in [6.45, 7) is 5.07. The Morgan fingerprint density at radius 2 is 2.06 bits per heavy atom. The molecular weight excluding hydrogens is 214 g/mol. The Bertz CT molecular complexity index is 395. The first-order valence-electron chi connectivity index (χ1n) is 6.01. The summed E-state index contributed by atoms with van der Waals surface area (Å²) in [7, 11) is 1.67. The summed E-state index contributed by atoms with van der Waals surface area (Å²) in [5.41, 5.74) is 1.20. The van der Waals surface area contributed by atoms with Gasteiger partial charge in [0.2, 0.25) is 0 Å². The van der Waals surface area contributed by atoms with Crippen LogP contribution in [0.4, 0.5) is 0 Å². The summed E-state index contributed by atoms with van der Waals surface area (Å²) >= 11 is 0. The van der Waals surface area contributed by atoms with Crippen LogP contribution in [-0.2, 0) is 11.2 Å². The molecular formula is C14H19NO2. The van der Waals surface area contributed by atoms with Gasteiger partial charge in [-0.05, 0) is 23.6 Å². The smallest absolute Gasteiger partial charge is 0.188 e. The molecule has 1 heterocycles. The number of aliphatic imine (C=N–C) groups is 1. The number of nitrogens with zero attached hydrogens (tertiary/aromatic N) is 1. The largest absolute Gasteiger partial charge is 0.497 e. The van der Waals surface area contributed by atoms with Crippen molar-refractivity contribution in [2.45, 2.75) is 26.3 Å². The second-order valence-corrected chi connectivity index (χ2v) is 4.67. The lowest BCUT2D eigenvalue weighted by Gasteiger charge is -2.06. The Kier molecular flexibility index (Phi) is 3.67. The molecule has 0 bridgehead atoms. The van der Waals surface area contributed by atoms with Crippen LogP contribution in [0.1, 0.15) is 19.4 Å². The summed E-state index contributed by atoms with van der Waals surface area (Å²) in [4.78, 5) is 4.59. The van der Waals surface area contributed by atoms with Crippen LogP contribution in [0, 0.1) is 5.92 Å². The van der Waals surface area contributed by atoms with Gasteiger partial charge in [-0.15, -0.1) is 0 Å². The number of hydrogen-bond donors (Lipinski definition) is 0. The lowest BCUT2D eigenvalue weighted by Crippen LogP contribution is -2.13. The summed E-state index contributed by atoms with van der Waals surface area (Å²) < 4.78 is 10.7. The van der Waals surface area contributed by atoms with Gasteiger partial charge in [-0.3, -0.25) is 0 Å². The van der Waals surface area contributed by atoms with Crippen molar-refractivity contribution in [2.75, 3.05) is 13.7 Å². The minimum absolute atomic E-state index is 0.322. The average molecular weight is 233 g/mol. The maximum Gasteiger partial charge on any atom is 0.188 e. The highest BCUT2D eigenvalue weighted by Gasteiger charge is 2.21. The van der Waals surface area contributed by atoms with Crippen LogP contribution >= 0.6 is 0 Å². The Morgan fingerprint density at radius 1 is 1.35 bits per heavy atom. The van der Waals surface area contributed by atoms with Gasteiger partial charge in [0.15, 0.2) is 5.90 Å². The van der Waals surface area contributed by atoms with Gasteiger partial charge in [-0.1, -0.05) is 26.0 Å². The highest BCUT2D eigenvalue weighted by Crippen LogP contribution is 2.17. The van der Waals surface area contributed by atoms with Crippen molar-refractivity contribution in [3.8, 4) is 5.75 Å². The van der Waals surface area contributed by atoms with Crippen molar-refractivity contribution in [3.63, 3.8) is 0 Å². The fourth-order valence-electron chi connectivity index (χ4n) is 1.80. The molecule has 1 aliphatic rings. The molecule has 2 rings (SSSR count). The summed E-state index contributed by atoms with van der Waals surface area (Å²) in [6.07, 6.45) is 0.771. The Balaban J connectivity index is 1.99. The minimum Gasteiger partial charge on any atom is -0.497 e. The number of benzene rings is 1. The fraction of sp³-hybridized carbons (Fsp3) is 0.500. The number of methoxy groups -OCH3 is 1. The van der Waals surface area contributed by atoms with E-state index in [1.807, 2.05) is 24.3 Å². The fourth-order valence-corrected chi connectivity index (χ4v) is 1.80. The first-order chi connectivity index (χ1) is 8.19. The van der Waals surface area contributed by atoms with Crippen molar-refractivity contribution in [2.24, 2.45) is 10.9 Å². The van der Waals surface area contributed by atoms with Gasteiger partial charge in [0, 0.05) is 6.42 Å². The van der Waals surface area contributed by atoms with E-state index in [2.05, 4.69) is 18.8 Å². The third-order valence-electron chi connectivity index (χ3n) is 3.01. The maximum absolute atomic E-state index is 5.61. The van der Waals surface area contributed by atoms with E-state index >= 15 is 0 Å². The van der Waals surface area contributed by atoms with Crippen LogP contribution in [0.25, 0.3) is 0 Å². The zero-order valence-electron chi connectivity index (χ0n) is 10.6. The van der Waals surface area contributed by atoms with Crippen LogP contribution < -0.4 is 4.74 Å². The molecule has 0 aromatic heterocycles. The second-order valence-electron chi connectivity index (χ2n) is 4.67. The molecule has 0 amide bonds. The molecule has 0 saturated heterocycles. The molecule has 3 heteroatoms. The van der Waals surface area contributed by atoms with Crippen LogP contribution in [0.2, 0.25) is 0 Å². The van der Waals surface area contributed by atoms with Gasteiger partial charge in [-0.25, -0.2) is 4.99 Å². The highest BCUT2D eigenvalue weighted by atomic mass is 16.5. The molecule has 3 nitrogen and oxygen atoms in total. The zero-order chi connectivity index (χ0) is 12.3. The monoisotopic (exact) mass is 233 g/mol. The Hall–Kier alpha value is -1.51. The summed E-state index contributed by atoms with van der Waals surface area (Å²) in [5.74, 6) is 2.28. The van der Waals surface area contributed by atoms with Gasteiger partial charge < -0.3 is 9.47 Å². The van der Waals surface area contributed by atoms with Crippen molar-refractivity contribution in [3.05, 3.63) is 29.8 Å². The van der Waals surface area contributed by atoms with Gasteiger partial charge in [0.05, 0.1) is 13.2 Å². The third-order valence-corrected chi connectivity index (χ3v) is 3.01. The van der Waals surface area contributed by atoms with Gasteiger partial charge >= 0.3 is 0 Å². The zero-order valence-corrected chi connectivity index (χ0v) is 10.6. The third kappa shape index (κ3) is 2.99. The SMILES string of the molecule is COc1ccc(CC2=NC(C(C)C)CO2)cc1. The predicted octanol–water partition coefficient (Wildman–Crippen LogP) is 2.69. The molecule has 1 unspecified atom stereocenters. The Morgan fingerprint density at radius 3 is 2.59 bits per heavy atom. The molecule has 1 aliphatic heterocycles. The highest BCUT2D eigenvalue weighted by molar-refractivity contribution is 5.80. The van der Waals surface area contributed by atoms with E-state index in [0.29, 0.717) is 12.0 Å². The molecule has 0 radical (unpaired) electrons. The quantitative estimate of drug-likeness (QED) is 0.800. The van der Waals surface area contributed by atoms with Gasteiger partial charge in [-0.2, -0.15) is 0 Å². The summed E-state index contributed by atoms with van der Waals surface area (Å²) in [5, 5.41) is 0. The van der Waals surface area contributed by atoms with E-state index < -0.39 is 0 Å². The van der Waals surface area contributed by atoms with E-state index in [-0.39, 0.29) is 0 Å². The molecule has 17 heavy (non-hydrogen) atoms. The van der Waals surface area contributed by atoms with Gasteiger partial charge in [0.25, 0.3) is 0 Å². The van der Waals surface area contributed by atoms with Crippen LogP contribution in [0.15, 0.2) is 29.3 Å². The summed E-state index contributed by atoms with van der Waals surface area (Å²) in [6, 6.07) is 8.35. The molecule has 1 aromatic rings. The van der Waals surface area contributed by atoms with E-state index in [4.69, 9.17) is 9.47 Å². The van der Waals surface area contributed by atoms with Crippen molar-refractivity contribution in [1.29, 1.82) is 0 Å². The van der Waals surface area contributed by atoms with Crippen LogP contribution in [0.3, 0.4) is 0 Å². The van der Waals surface area contributed by atoms with E-state index in [0.717, 1.165) is 24.7 Å². The molecule has 0 fully saturated rings. The molecule has 0 saturated carbocycles. The molecule has 1 aromatic carbocycles. The molecule has 0 N–H and O–H groups in total. The number of rotatable bonds is 4. The normalized spacial score (nSPS) is 19.1. The van der Waals surface area contributed by atoms with Crippen molar-refractivity contribution >= 4 is 5.90 Å². The number of ether oxygens (including phenoxy) is 2. The van der Waals surface area contributed by atoms with E-state index in [1.165, 1.54) is 5.56 Å². The predicted molar refractivity (Wildman–Crippen MR) is 68.7 cm³/mol. The average Bonchev–Trinajstić information content (AvgIpc) is 2.79. The Labute approximate surface area is 102 Å². The first-order valence-corrected chi connectivity index (χ1v) is 6.01. The second kappa shape index (κ2) is 5.21. The number of hydrogen-bond acceptors (Lipinski definition) is 3. The van der Waals surface area contributed by atoms with Crippen LogP contribution in [0.5, 0.6) is 5.75 Å². The topological polar surface area (TPSA) is 30.8 Å². The molecule has 92 valence electrons. The van der Waals surface area contributed by atoms with Crippen LogP contribution in [-0.4, -0.2) is 25.7 Å². The first kappa shape index (κ1) is 12.0.